The van der Waals surface area contributed by atoms with Crippen molar-refractivity contribution in [3.8, 4) is 11.1 Å². The number of alkyl carbamates (subject to hydrolysis) is 1. The highest BCUT2D eigenvalue weighted by Gasteiger charge is 2.44. The molecule has 1 aliphatic heterocycles. The number of rotatable bonds is 5. The number of carbonyl (C=O) groups is 3. The maximum Gasteiger partial charge on any atom is 0.408 e. The number of nitrogens with one attached hydrogen (secondary N) is 1. The first kappa shape index (κ1) is 26.6. The molecule has 0 saturated carbocycles. The van der Waals surface area contributed by atoms with Crippen LogP contribution < -0.4 is 5.32 Å². The Morgan fingerprint density at radius 3 is 2.14 bits per heavy atom. The number of hydrogen-bond donors (Lipinski definition) is 1. The minimum atomic E-state index is -0.777. The fraction of sp³-hybridized carbons (Fsp3) is 0.444. The zero-order valence-corrected chi connectivity index (χ0v) is 22.0. The van der Waals surface area contributed by atoms with Gasteiger partial charge in [-0.05, 0) is 58.2 Å². The second-order valence-corrected chi connectivity index (χ2v) is 11.5. The SMILES string of the molecule is CC(C)(C)OC(=O)NCC(=O)N1[C@@H](c2ccccc2-c2ccccc2)SC[C@H]1C(=O)OC(C)(C)C. The third kappa shape index (κ3) is 7.24. The first-order valence-electron chi connectivity index (χ1n) is 11.6. The van der Waals surface area contributed by atoms with Gasteiger partial charge in [0.2, 0.25) is 5.91 Å². The third-order valence-electron chi connectivity index (χ3n) is 5.06. The molecule has 0 radical (unpaired) electrons. The number of ether oxygens (including phenoxy) is 2. The van der Waals surface area contributed by atoms with Crippen LogP contribution in [0.3, 0.4) is 0 Å². The first-order chi connectivity index (χ1) is 16.4. The standard InChI is InChI=1S/C27H34N2O5S/c1-26(2,3)33-24(31)21-17-35-23(29(21)22(30)16-28-25(32)34-27(4,5)6)20-15-11-10-14-19(20)18-12-8-7-9-13-18/h7-15,21,23H,16-17H2,1-6H3,(H,28,32)/t21-,23+/m0/s1. The molecule has 0 aromatic heterocycles. The van der Waals surface area contributed by atoms with Crippen LogP contribution in [0.25, 0.3) is 11.1 Å². The number of amides is 2. The molecule has 188 valence electrons. The quantitative estimate of drug-likeness (QED) is 0.573. The van der Waals surface area contributed by atoms with E-state index in [1.54, 1.807) is 41.5 Å². The zero-order chi connectivity index (χ0) is 25.8. The van der Waals surface area contributed by atoms with Crippen molar-refractivity contribution < 1.29 is 23.9 Å². The summed E-state index contributed by atoms with van der Waals surface area (Å²) in [5.74, 6) is -0.458. The number of thioether (sulfide) groups is 1. The average molecular weight is 499 g/mol. The number of esters is 1. The number of hydrogen-bond acceptors (Lipinski definition) is 6. The summed E-state index contributed by atoms with van der Waals surface area (Å²) in [4.78, 5) is 40.3. The van der Waals surface area contributed by atoms with Crippen LogP contribution in [-0.2, 0) is 19.1 Å². The van der Waals surface area contributed by atoms with E-state index in [0.29, 0.717) is 5.75 Å². The highest BCUT2D eigenvalue weighted by molar-refractivity contribution is 7.99. The van der Waals surface area contributed by atoms with Crippen molar-refractivity contribution in [2.24, 2.45) is 0 Å². The van der Waals surface area contributed by atoms with Crippen molar-refractivity contribution in [1.29, 1.82) is 0 Å². The summed E-state index contributed by atoms with van der Waals surface area (Å²) in [6.45, 7) is 10.3. The molecule has 8 heteroatoms. The summed E-state index contributed by atoms with van der Waals surface area (Å²) < 4.78 is 10.9. The highest BCUT2D eigenvalue weighted by atomic mass is 32.2. The van der Waals surface area contributed by atoms with Gasteiger partial charge >= 0.3 is 12.1 Å². The van der Waals surface area contributed by atoms with E-state index in [-0.39, 0.29) is 12.5 Å². The summed E-state index contributed by atoms with van der Waals surface area (Å²) >= 11 is 1.51. The van der Waals surface area contributed by atoms with Crippen molar-refractivity contribution in [1.82, 2.24) is 10.2 Å². The molecule has 7 nitrogen and oxygen atoms in total. The Morgan fingerprint density at radius 2 is 1.51 bits per heavy atom. The van der Waals surface area contributed by atoms with E-state index >= 15 is 0 Å². The molecular formula is C27H34N2O5S. The van der Waals surface area contributed by atoms with Crippen molar-refractivity contribution in [2.45, 2.75) is 64.2 Å². The molecule has 1 heterocycles. The predicted octanol–water partition coefficient (Wildman–Crippen LogP) is 5.16. The Balaban J connectivity index is 1.92. The molecule has 0 bridgehead atoms. The van der Waals surface area contributed by atoms with E-state index in [4.69, 9.17) is 9.47 Å². The van der Waals surface area contributed by atoms with Crippen molar-refractivity contribution >= 4 is 29.7 Å². The summed E-state index contributed by atoms with van der Waals surface area (Å²) in [5.41, 5.74) is 1.54. The minimum Gasteiger partial charge on any atom is -0.458 e. The summed E-state index contributed by atoms with van der Waals surface area (Å²) in [6, 6.07) is 17.0. The Labute approximate surface area is 211 Å². The molecule has 0 unspecified atom stereocenters. The highest BCUT2D eigenvalue weighted by Crippen LogP contribution is 2.45. The molecular weight excluding hydrogens is 464 g/mol. The lowest BCUT2D eigenvalue weighted by molar-refractivity contribution is -0.163. The number of carbonyl (C=O) groups excluding carboxylic acids is 3. The second kappa shape index (κ2) is 10.7. The smallest absolute Gasteiger partial charge is 0.408 e. The van der Waals surface area contributed by atoms with Gasteiger partial charge in [0.15, 0.2) is 0 Å². The third-order valence-corrected chi connectivity index (χ3v) is 6.37. The molecule has 2 atom stereocenters. The van der Waals surface area contributed by atoms with Crippen molar-refractivity contribution in [3.63, 3.8) is 0 Å². The van der Waals surface area contributed by atoms with Crippen LogP contribution in [0.2, 0.25) is 0 Å². The molecule has 0 spiro atoms. The molecule has 2 amide bonds. The van der Waals surface area contributed by atoms with E-state index in [2.05, 4.69) is 5.32 Å². The minimum absolute atomic E-state index is 0.293. The van der Waals surface area contributed by atoms with Gasteiger partial charge in [0.25, 0.3) is 0 Å². The normalized spacial score (nSPS) is 18.2. The molecule has 1 saturated heterocycles. The maximum atomic E-state index is 13.5. The van der Waals surface area contributed by atoms with Crippen molar-refractivity contribution in [2.75, 3.05) is 12.3 Å². The fourth-order valence-corrected chi connectivity index (χ4v) is 5.22. The molecule has 1 N–H and O–H groups in total. The van der Waals surface area contributed by atoms with Gasteiger partial charge in [-0.15, -0.1) is 11.8 Å². The Kier molecular flexibility index (Phi) is 8.15. The van der Waals surface area contributed by atoms with Crippen LogP contribution in [0, 0.1) is 0 Å². The number of benzene rings is 2. The predicted molar refractivity (Wildman–Crippen MR) is 138 cm³/mol. The monoisotopic (exact) mass is 498 g/mol. The van der Waals surface area contributed by atoms with Crippen LogP contribution in [0.4, 0.5) is 4.79 Å². The largest absolute Gasteiger partial charge is 0.458 e. The molecule has 2 aromatic rings. The maximum absolute atomic E-state index is 13.5. The second-order valence-electron chi connectivity index (χ2n) is 10.3. The Hall–Kier alpha value is -3.00. The van der Waals surface area contributed by atoms with Crippen LogP contribution in [0.5, 0.6) is 0 Å². The van der Waals surface area contributed by atoms with Gasteiger partial charge < -0.3 is 19.7 Å². The summed E-state index contributed by atoms with van der Waals surface area (Å²) in [6.07, 6.45) is -0.687. The van der Waals surface area contributed by atoms with E-state index in [1.807, 2.05) is 54.6 Å². The molecule has 1 fully saturated rings. The van der Waals surface area contributed by atoms with Crippen LogP contribution in [0.15, 0.2) is 54.6 Å². The van der Waals surface area contributed by atoms with Crippen LogP contribution in [0.1, 0.15) is 52.5 Å². The van der Waals surface area contributed by atoms with Gasteiger partial charge in [-0.3, -0.25) is 4.79 Å². The van der Waals surface area contributed by atoms with Gasteiger partial charge in [-0.25, -0.2) is 9.59 Å². The number of nitrogens with zero attached hydrogens (tertiary/aromatic N) is 1. The van der Waals surface area contributed by atoms with Crippen LogP contribution in [-0.4, -0.2) is 52.4 Å². The molecule has 1 aliphatic rings. The van der Waals surface area contributed by atoms with E-state index in [0.717, 1.165) is 16.7 Å². The van der Waals surface area contributed by atoms with Gasteiger partial charge in [0.05, 0.1) is 0 Å². The van der Waals surface area contributed by atoms with E-state index in [1.165, 1.54) is 16.7 Å². The topological polar surface area (TPSA) is 84.9 Å². The van der Waals surface area contributed by atoms with Crippen LogP contribution >= 0.6 is 11.8 Å². The fourth-order valence-electron chi connectivity index (χ4n) is 3.75. The lowest BCUT2D eigenvalue weighted by Crippen LogP contribution is -2.49. The lowest BCUT2D eigenvalue weighted by atomic mass is 9.99. The van der Waals surface area contributed by atoms with E-state index in [9.17, 15) is 14.4 Å². The molecule has 0 aliphatic carbocycles. The molecule has 2 aromatic carbocycles. The van der Waals surface area contributed by atoms with Crippen molar-refractivity contribution in [3.05, 3.63) is 60.2 Å². The van der Waals surface area contributed by atoms with Gasteiger partial charge in [0, 0.05) is 5.75 Å². The van der Waals surface area contributed by atoms with Gasteiger partial charge in [-0.2, -0.15) is 0 Å². The average Bonchev–Trinajstić information content (AvgIpc) is 3.21. The Morgan fingerprint density at radius 1 is 0.914 bits per heavy atom. The molecule has 35 heavy (non-hydrogen) atoms. The summed E-state index contributed by atoms with van der Waals surface area (Å²) in [7, 11) is 0. The Bertz CT molecular complexity index is 1060. The lowest BCUT2D eigenvalue weighted by Gasteiger charge is -2.31. The van der Waals surface area contributed by atoms with Gasteiger partial charge in [0.1, 0.15) is 29.2 Å². The van der Waals surface area contributed by atoms with E-state index < -0.39 is 34.7 Å². The first-order valence-corrected chi connectivity index (χ1v) is 12.7. The molecule has 3 rings (SSSR count). The van der Waals surface area contributed by atoms with Gasteiger partial charge in [-0.1, -0.05) is 54.6 Å². The zero-order valence-electron chi connectivity index (χ0n) is 21.2. The summed E-state index contributed by atoms with van der Waals surface area (Å²) in [5, 5.41) is 2.11.